The lowest BCUT2D eigenvalue weighted by molar-refractivity contribution is -0.112. The first-order chi connectivity index (χ1) is 11.1. The molecule has 1 N–H and O–H groups in total. The monoisotopic (exact) mass is 313 g/mol. The van der Waals surface area contributed by atoms with Gasteiger partial charge < -0.3 is 0 Å². The third-order valence-electron chi connectivity index (χ3n) is 3.11. The Kier molecular flexibility index (Phi) is 3.71. The minimum Gasteiger partial charge on any atom is -0.268 e. The van der Waals surface area contributed by atoms with Crippen molar-refractivity contribution in [2.24, 2.45) is 0 Å². The van der Waals surface area contributed by atoms with E-state index in [-0.39, 0.29) is 11.2 Å². The maximum absolute atomic E-state index is 13.0. The number of allylic oxidation sites excluding steroid dienone is 1. The standard InChI is InChI=1S/C15H12FN5O2/c1-2-3-13(22)19-20-9-17-14-12(15(20)23)8-18-21(14)11-6-4-10(16)5-7-11/h2-9H,1H3,(H,19,22)/b3-2+. The van der Waals surface area contributed by atoms with E-state index < -0.39 is 11.5 Å². The molecule has 8 heteroatoms. The van der Waals surface area contributed by atoms with Crippen molar-refractivity contribution in [2.45, 2.75) is 6.92 Å². The average molecular weight is 313 g/mol. The van der Waals surface area contributed by atoms with Crippen LogP contribution in [0.4, 0.5) is 4.39 Å². The number of hydrogen-bond acceptors (Lipinski definition) is 4. The molecule has 23 heavy (non-hydrogen) atoms. The van der Waals surface area contributed by atoms with Gasteiger partial charge in [-0.05, 0) is 31.2 Å². The predicted molar refractivity (Wildman–Crippen MR) is 82.3 cm³/mol. The molecule has 2 aromatic heterocycles. The maximum Gasteiger partial charge on any atom is 0.283 e. The summed E-state index contributed by atoms with van der Waals surface area (Å²) in [5.74, 6) is -0.811. The summed E-state index contributed by atoms with van der Waals surface area (Å²) >= 11 is 0. The summed E-state index contributed by atoms with van der Waals surface area (Å²) in [6.45, 7) is 1.69. The van der Waals surface area contributed by atoms with E-state index in [0.717, 1.165) is 4.68 Å². The van der Waals surface area contributed by atoms with Gasteiger partial charge in [-0.15, -0.1) is 0 Å². The van der Waals surface area contributed by atoms with Gasteiger partial charge in [0.1, 0.15) is 17.5 Å². The molecule has 0 saturated carbocycles. The van der Waals surface area contributed by atoms with Crippen LogP contribution in [0.2, 0.25) is 0 Å². The second-order valence-electron chi connectivity index (χ2n) is 4.67. The SMILES string of the molecule is C/C=C/C(=O)Nn1cnc2c(cnn2-c2ccc(F)cc2)c1=O. The van der Waals surface area contributed by atoms with Crippen LogP contribution < -0.4 is 11.0 Å². The zero-order valence-corrected chi connectivity index (χ0v) is 12.1. The molecule has 2 heterocycles. The molecule has 0 bridgehead atoms. The summed E-state index contributed by atoms with van der Waals surface area (Å²) in [7, 11) is 0. The fourth-order valence-corrected chi connectivity index (χ4v) is 2.07. The van der Waals surface area contributed by atoms with Gasteiger partial charge in [0, 0.05) is 6.08 Å². The number of nitrogens with zero attached hydrogens (tertiary/aromatic N) is 4. The van der Waals surface area contributed by atoms with Gasteiger partial charge in [0.2, 0.25) is 0 Å². The van der Waals surface area contributed by atoms with Crippen molar-refractivity contribution in [3.63, 3.8) is 0 Å². The number of halogens is 1. The van der Waals surface area contributed by atoms with Crippen molar-refractivity contribution >= 4 is 16.9 Å². The molecule has 0 saturated heterocycles. The topological polar surface area (TPSA) is 81.8 Å². The van der Waals surface area contributed by atoms with E-state index in [9.17, 15) is 14.0 Å². The molecule has 0 atom stereocenters. The Balaban J connectivity index is 2.06. The molecule has 0 fully saturated rings. The van der Waals surface area contributed by atoms with E-state index in [2.05, 4.69) is 15.5 Å². The molecule has 1 amide bonds. The highest BCUT2D eigenvalue weighted by molar-refractivity contribution is 5.94. The van der Waals surface area contributed by atoms with Crippen molar-refractivity contribution in [3.05, 3.63) is 65.1 Å². The van der Waals surface area contributed by atoms with E-state index in [0.29, 0.717) is 11.3 Å². The van der Waals surface area contributed by atoms with Crippen LogP contribution in [-0.4, -0.2) is 25.3 Å². The fraction of sp³-hybridized carbons (Fsp3) is 0.0667. The number of carbonyl (C=O) groups excluding carboxylic acids is 1. The van der Waals surface area contributed by atoms with Crippen molar-refractivity contribution in [1.82, 2.24) is 19.4 Å². The first kappa shape index (κ1) is 14.6. The number of benzene rings is 1. The van der Waals surface area contributed by atoms with Gasteiger partial charge in [-0.2, -0.15) is 5.10 Å². The third kappa shape index (κ3) is 2.73. The van der Waals surface area contributed by atoms with Gasteiger partial charge in [-0.25, -0.2) is 18.7 Å². The third-order valence-corrected chi connectivity index (χ3v) is 3.11. The second-order valence-corrected chi connectivity index (χ2v) is 4.67. The minimum absolute atomic E-state index is 0.234. The Morgan fingerprint density at radius 1 is 1.30 bits per heavy atom. The molecular weight excluding hydrogens is 301 g/mol. The van der Waals surface area contributed by atoms with Crippen LogP contribution in [-0.2, 0) is 4.79 Å². The van der Waals surface area contributed by atoms with Gasteiger partial charge in [-0.1, -0.05) is 6.08 Å². The summed E-state index contributed by atoms with van der Waals surface area (Å²) < 4.78 is 15.4. The van der Waals surface area contributed by atoms with Crippen LogP contribution in [0.3, 0.4) is 0 Å². The number of hydrogen-bond donors (Lipinski definition) is 1. The highest BCUT2D eigenvalue weighted by atomic mass is 19.1. The molecule has 7 nitrogen and oxygen atoms in total. The van der Waals surface area contributed by atoms with Gasteiger partial charge in [0.15, 0.2) is 5.65 Å². The Hall–Kier alpha value is -3.29. The van der Waals surface area contributed by atoms with E-state index in [1.165, 1.54) is 47.5 Å². The van der Waals surface area contributed by atoms with Gasteiger partial charge in [-0.3, -0.25) is 15.0 Å². The smallest absolute Gasteiger partial charge is 0.268 e. The van der Waals surface area contributed by atoms with Crippen molar-refractivity contribution < 1.29 is 9.18 Å². The predicted octanol–water partition coefficient (Wildman–Crippen LogP) is 1.37. The molecular formula is C15H12FN5O2. The Morgan fingerprint density at radius 2 is 2.04 bits per heavy atom. The first-order valence-corrected chi connectivity index (χ1v) is 6.75. The Labute approximate surface area is 129 Å². The highest BCUT2D eigenvalue weighted by Gasteiger charge is 2.12. The van der Waals surface area contributed by atoms with Crippen LogP contribution in [0.25, 0.3) is 16.7 Å². The normalized spacial score (nSPS) is 11.2. The molecule has 1 aromatic carbocycles. The summed E-state index contributed by atoms with van der Waals surface area (Å²) in [5, 5.41) is 4.34. The van der Waals surface area contributed by atoms with E-state index in [1.807, 2.05) is 0 Å². The number of rotatable bonds is 3. The number of nitrogens with one attached hydrogen (secondary N) is 1. The zero-order chi connectivity index (χ0) is 16.4. The first-order valence-electron chi connectivity index (χ1n) is 6.75. The molecule has 0 aliphatic heterocycles. The average Bonchev–Trinajstić information content (AvgIpc) is 2.96. The van der Waals surface area contributed by atoms with Crippen LogP contribution >= 0.6 is 0 Å². The van der Waals surface area contributed by atoms with Crippen molar-refractivity contribution in [2.75, 3.05) is 5.43 Å². The fourth-order valence-electron chi connectivity index (χ4n) is 2.07. The summed E-state index contributed by atoms with van der Waals surface area (Å²) in [4.78, 5) is 28.0. The molecule has 0 aliphatic carbocycles. The van der Waals surface area contributed by atoms with E-state index in [4.69, 9.17) is 0 Å². The van der Waals surface area contributed by atoms with Gasteiger partial charge >= 0.3 is 0 Å². The second kappa shape index (κ2) is 5.84. The highest BCUT2D eigenvalue weighted by Crippen LogP contribution is 2.13. The Bertz CT molecular complexity index is 956. The van der Waals surface area contributed by atoms with E-state index in [1.54, 1.807) is 13.0 Å². The van der Waals surface area contributed by atoms with Gasteiger partial charge in [0.05, 0.1) is 11.9 Å². The van der Waals surface area contributed by atoms with Crippen molar-refractivity contribution in [3.8, 4) is 5.69 Å². The van der Waals surface area contributed by atoms with Crippen LogP contribution in [0.5, 0.6) is 0 Å². The maximum atomic E-state index is 13.0. The molecule has 3 aromatic rings. The number of aromatic nitrogens is 4. The van der Waals surface area contributed by atoms with Crippen LogP contribution in [0.1, 0.15) is 6.92 Å². The van der Waals surface area contributed by atoms with Gasteiger partial charge in [0.25, 0.3) is 11.5 Å². The summed E-state index contributed by atoms with van der Waals surface area (Å²) in [6.07, 6.45) is 5.40. The van der Waals surface area contributed by atoms with E-state index >= 15 is 0 Å². The molecule has 116 valence electrons. The number of amides is 1. The summed E-state index contributed by atoms with van der Waals surface area (Å²) in [6, 6.07) is 5.65. The Morgan fingerprint density at radius 3 is 2.74 bits per heavy atom. The summed E-state index contributed by atoms with van der Waals surface area (Å²) in [5.41, 5.74) is 2.82. The molecule has 0 spiro atoms. The molecule has 0 unspecified atom stereocenters. The number of carbonyl (C=O) groups is 1. The largest absolute Gasteiger partial charge is 0.283 e. The lowest BCUT2D eigenvalue weighted by Crippen LogP contribution is -2.32. The lowest BCUT2D eigenvalue weighted by Gasteiger charge is -2.06. The minimum atomic E-state index is -0.457. The molecule has 3 rings (SSSR count). The van der Waals surface area contributed by atoms with Crippen LogP contribution in [0.15, 0.2) is 53.7 Å². The zero-order valence-electron chi connectivity index (χ0n) is 12.1. The quantitative estimate of drug-likeness (QED) is 0.740. The molecule has 0 radical (unpaired) electrons. The molecule has 0 aliphatic rings. The lowest BCUT2D eigenvalue weighted by atomic mass is 10.3. The van der Waals surface area contributed by atoms with Crippen LogP contribution in [0, 0.1) is 5.82 Å². The van der Waals surface area contributed by atoms with Crippen molar-refractivity contribution in [1.29, 1.82) is 0 Å². The number of fused-ring (bicyclic) bond motifs is 1.